The second-order valence-electron chi connectivity index (χ2n) is 7.19. The summed E-state index contributed by atoms with van der Waals surface area (Å²) in [4.78, 5) is 19.6. The first-order chi connectivity index (χ1) is 13.9. The van der Waals surface area contributed by atoms with Gasteiger partial charge in [0.05, 0.1) is 13.2 Å². The first-order valence-corrected chi connectivity index (χ1v) is 10.4. The number of aliphatic hydroxyl groups excluding tert-OH is 1. The number of aromatic amines is 1. The highest BCUT2D eigenvalue weighted by molar-refractivity contribution is 7.80. The molecule has 0 aliphatic carbocycles. The number of aliphatic hydroxyl groups is 1. The molecule has 0 saturated heterocycles. The van der Waals surface area contributed by atoms with Crippen LogP contribution < -0.4 is 15.6 Å². The Hall–Kier alpha value is -2.16. The number of fused-ring (bicyclic) bond motifs is 1. The molecule has 1 aromatic heterocycles. The summed E-state index contributed by atoms with van der Waals surface area (Å²) in [5.74, 6) is 0.771. The molecular weight excluding hydrogens is 388 g/mol. The quantitative estimate of drug-likeness (QED) is 0.379. The highest BCUT2D eigenvalue weighted by Gasteiger charge is 2.13. The van der Waals surface area contributed by atoms with Crippen molar-refractivity contribution in [3.8, 4) is 5.75 Å². The van der Waals surface area contributed by atoms with Crippen LogP contribution >= 0.6 is 12.2 Å². The lowest BCUT2D eigenvalue weighted by Gasteiger charge is -2.26. The van der Waals surface area contributed by atoms with E-state index in [4.69, 9.17) is 17.0 Å². The molecule has 2 aromatic rings. The highest BCUT2D eigenvalue weighted by Crippen LogP contribution is 2.19. The molecule has 1 heterocycles. The first-order valence-electron chi connectivity index (χ1n) is 10.0. The van der Waals surface area contributed by atoms with Gasteiger partial charge in [0.15, 0.2) is 5.11 Å². The van der Waals surface area contributed by atoms with E-state index in [0.717, 1.165) is 36.2 Å². The minimum Gasteiger partial charge on any atom is -0.494 e. The fourth-order valence-electron chi connectivity index (χ4n) is 3.03. The van der Waals surface area contributed by atoms with Crippen LogP contribution in [-0.4, -0.2) is 71.9 Å². The monoisotopic (exact) mass is 420 g/mol. The highest BCUT2D eigenvalue weighted by atomic mass is 32.1. The Morgan fingerprint density at radius 1 is 1.24 bits per heavy atom. The van der Waals surface area contributed by atoms with Gasteiger partial charge in [0.2, 0.25) is 0 Å². The molecule has 29 heavy (non-hydrogen) atoms. The summed E-state index contributed by atoms with van der Waals surface area (Å²) in [6, 6.07) is 7.51. The number of thiocarbonyl (C=S) groups is 1. The van der Waals surface area contributed by atoms with Crippen molar-refractivity contribution in [2.45, 2.75) is 26.3 Å². The third-order valence-corrected chi connectivity index (χ3v) is 4.90. The second-order valence-corrected chi connectivity index (χ2v) is 7.58. The third kappa shape index (κ3) is 7.30. The lowest BCUT2D eigenvalue weighted by atomic mass is 10.1. The Morgan fingerprint density at radius 3 is 2.72 bits per heavy atom. The molecule has 0 amide bonds. The number of aromatic nitrogens is 1. The normalized spacial score (nSPS) is 11.1. The van der Waals surface area contributed by atoms with Crippen molar-refractivity contribution in [1.82, 2.24) is 20.1 Å². The number of hydrogen-bond donors (Lipinski definition) is 3. The number of hydrogen-bond acceptors (Lipinski definition) is 5. The van der Waals surface area contributed by atoms with Gasteiger partial charge in [0, 0.05) is 36.2 Å². The molecule has 0 aliphatic heterocycles. The van der Waals surface area contributed by atoms with E-state index in [-0.39, 0.29) is 12.2 Å². The molecule has 160 valence electrons. The molecule has 0 bridgehead atoms. The van der Waals surface area contributed by atoms with Crippen LogP contribution in [0, 0.1) is 0 Å². The van der Waals surface area contributed by atoms with Crippen LogP contribution in [0.1, 0.15) is 25.3 Å². The summed E-state index contributed by atoms with van der Waals surface area (Å²) in [7, 11) is 4.07. The van der Waals surface area contributed by atoms with E-state index in [1.54, 1.807) is 0 Å². The molecule has 0 spiro atoms. The Balaban J connectivity index is 2.15. The number of ether oxygens (including phenoxy) is 1. The molecule has 7 nitrogen and oxygen atoms in total. The molecule has 0 aliphatic rings. The zero-order valence-corrected chi connectivity index (χ0v) is 18.3. The molecule has 0 unspecified atom stereocenters. The van der Waals surface area contributed by atoms with Gasteiger partial charge < -0.3 is 29.9 Å². The van der Waals surface area contributed by atoms with Crippen LogP contribution in [0.5, 0.6) is 5.75 Å². The van der Waals surface area contributed by atoms with Crippen LogP contribution in [0.25, 0.3) is 10.9 Å². The minimum absolute atomic E-state index is 0.0749. The zero-order valence-electron chi connectivity index (χ0n) is 17.5. The van der Waals surface area contributed by atoms with Crippen molar-refractivity contribution in [1.29, 1.82) is 0 Å². The molecule has 0 radical (unpaired) electrons. The molecular formula is C21H32N4O3S. The fraction of sp³-hybridized carbons (Fsp3) is 0.524. The van der Waals surface area contributed by atoms with Crippen molar-refractivity contribution in [3.63, 3.8) is 0 Å². The van der Waals surface area contributed by atoms with E-state index in [9.17, 15) is 9.90 Å². The summed E-state index contributed by atoms with van der Waals surface area (Å²) in [5, 5.41) is 14.0. The van der Waals surface area contributed by atoms with E-state index in [1.165, 1.54) is 0 Å². The maximum atomic E-state index is 12.6. The Kier molecular flexibility index (Phi) is 9.37. The van der Waals surface area contributed by atoms with E-state index in [2.05, 4.69) is 15.2 Å². The maximum Gasteiger partial charge on any atom is 0.253 e. The molecule has 2 rings (SSSR count). The van der Waals surface area contributed by atoms with Gasteiger partial charge in [-0.2, -0.15) is 0 Å². The van der Waals surface area contributed by atoms with Gasteiger partial charge in [0.25, 0.3) is 5.56 Å². The average molecular weight is 421 g/mol. The first kappa shape index (κ1) is 23.1. The predicted octanol–water partition coefficient (Wildman–Crippen LogP) is 1.94. The van der Waals surface area contributed by atoms with Gasteiger partial charge >= 0.3 is 0 Å². The van der Waals surface area contributed by atoms with Crippen LogP contribution in [0.15, 0.2) is 29.1 Å². The Morgan fingerprint density at radius 2 is 2.03 bits per heavy atom. The van der Waals surface area contributed by atoms with Gasteiger partial charge in [-0.3, -0.25) is 4.79 Å². The molecule has 0 saturated carbocycles. The molecule has 1 aromatic carbocycles. The van der Waals surface area contributed by atoms with E-state index in [1.807, 2.05) is 50.2 Å². The lowest BCUT2D eigenvalue weighted by Crippen LogP contribution is -2.41. The van der Waals surface area contributed by atoms with Gasteiger partial charge in [-0.1, -0.05) is 0 Å². The summed E-state index contributed by atoms with van der Waals surface area (Å²) < 4.78 is 5.56. The number of nitrogens with one attached hydrogen (secondary N) is 2. The van der Waals surface area contributed by atoms with Gasteiger partial charge in [0.1, 0.15) is 5.75 Å². The van der Waals surface area contributed by atoms with Crippen molar-refractivity contribution >= 4 is 28.2 Å². The topological polar surface area (TPSA) is 80.8 Å². The van der Waals surface area contributed by atoms with Crippen LogP contribution in [0.3, 0.4) is 0 Å². The zero-order chi connectivity index (χ0) is 21.2. The molecule has 0 atom stereocenters. The Labute approximate surface area is 177 Å². The summed E-state index contributed by atoms with van der Waals surface area (Å²) >= 11 is 5.55. The average Bonchev–Trinajstić information content (AvgIpc) is 2.69. The van der Waals surface area contributed by atoms with Crippen molar-refractivity contribution < 1.29 is 9.84 Å². The SMILES string of the molecule is CCOc1ccc2[nH]c(=O)c(CN(CCCO)C(=S)NCCCN(C)C)cc2c1. The van der Waals surface area contributed by atoms with Crippen LogP contribution in [0.2, 0.25) is 0 Å². The second kappa shape index (κ2) is 11.7. The minimum atomic E-state index is -0.133. The van der Waals surface area contributed by atoms with Crippen LogP contribution in [0.4, 0.5) is 0 Å². The smallest absolute Gasteiger partial charge is 0.253 e. The standard InChI is InChI=1S/C21H32N4O3S/c1-4-28-18-7-8-19-16(14-18)13-17(20(27)23-19)15-25(11-6-12-26)21(29)22-9-5-10-24(2)3/h7-8,13-14,26H,4-6,9-12,15H2,1-3H3,(H,22,29)(H,23,27). The number of pyridine rings is 1. The summed E-state index contributed by atoms with van der Waals surface area (Å²) in [6.45, 7) is 5.29. The number of H-pyrrole nitrogens is 1. The lowest BCUT2D eigenvalue weighted by molar-refractivity contribution is 0.264. The number of benzene rings is 1. The Bertz CT molecular complexity index is 853. The summed E-state index contributed by atoms with van der Waals surface area (Å²) in [6.07, 6.45) is 1.55. The molecule has 3 N–H and O–H groups in total. The molecule has 8 heteroatoms. The summed E-state index contributed by atoms with van der Waals surface area (Å²) in [5.41, 5.74) is 1.26. The van der Waals surface area contributed by atoms with Gasteiger partial charge in [-0.05, 0) is 76.9 Å². The number of nitrogens with zero attached hydrogens (tertiary/aromatic N) is 2. The van der Waals surface area contributed by atoms with Gasteiger partial charge in [-0.15, -0.1) is 0 Å². The number of rotatable bonds is 11. The van der Waals surface area contributed by atoms with Crippen molar-refractivity contribution in [2.75, 3.05) is 46.9 Å². The predicted molar refractivity (Wildman–Crippen MR) is 122 cm³/mol. The van der Waals surface area contributed by atoms with Crippen LogP contribution in [-0.2, 0) is 6.54 Å². The van der Waals surface area contributed by atoms with Crippen molar-refractivity contribution in [3.05, 3.63) is 40.2 Å². The molecule has 0 fully saturated rings. The van der Waals surface area contributed by atoms with E-state index in [0.29, 0.717) is 36.8 Å². The largest absolute Gasteiger partial charge is 0.494 e. The fourth-order valence-corrected chi connectivity index (χ4v) is 3.28. The van der Waals surface area contributed by atoms with Gasteiger partial charge in [-0.25, -0.2) is 0 Å². The maximum absolute atomic E-state index is 12.6. The third-order valence-electron chi connectivity index (χ3n) is 4.50. The van der Waals surface area contributed by atoms with E-state index < -0.39 is 0 Å². The van der Waals surface area contributed by atoms with Crippen molar-refractivity contribution in [2.24, 2.45) is 0 Å². The van der Waals surface area contributed by atoms with E-state index >= 15 is 0 Å².